The summed E-state index contributed by atoms with van der Waals surface area (Å²) in [4.78, 5) is 10.1. The van der Waals surface area contributed by atoms with Crippen molar-refractivity contribution in [2.75, 3.05) is 5.75 Å². The van der Waals surface area contributed by atoms with E-state index in [4.69, 9.17) is 4.84 Å². The topological polar surface area (TPSA) is 34.5 Å². The van der Waals surface area contributed by atoms with Crippen molar-refractivity contribution in [1.29, 1.82) is 0 Å². The van der Waals surface area contributed by atoms with Gasteiger partial charge in [-0.1, -0.05) is 16.9 Å². The van der Waals surface area contributed by atoms with E-state index in [2.05, 4.69) is 10.1 Å². The highest BCUT2D eigenvalue weighted by Crippen LogP contribution is 2.28. The van der Waals surface area contributed by atoms with E-state index in [-0.39, 0.29) is 18.3 Å². The maximum atomic E-state index is 12.6. The van der Waals surface area contributed by atoms with Gasteiger partial charge in [-0.3, -0.25) is 0 Å². The van der Waals surface area contributed by atoms with Gasteiger partial charge in [0.25, 0.3) is 0 Å². The standard InChI is InChI=1S/C12H15F3N2OS2/c1-7(2)18-16-6-10-8(3)17-12(20-10)19-5-4-9(13)11(14)15/h6-7H,4-5H2,1-3H3. The zero-order chi connectivity index (χ0) is 15.1. The zero-order valence-electron chi connectivity index (χ0n) is 11.3. The molecule has 0 fully saturated rings. The Morgan fingerprint density at radius 1 is 1.45 bits per heavy atom. The van der Waals surface area contributed by atoms with E-state index >= 15 is 0 Å². The van der Waals surface area contributed by atoms with E-state index in [0.717, 1.165) is 10.6 Å². The van der Waals surface area contributed by atoms with E-state index in [0.29, 0.717) is 4.34 Å². The number of hydrogen-bond acceptors (Lipinski definition) is 5. The lowest BCUT2D eigenvalue weighted by molar-refractivity contribution is 0.0874. The molecule has 0 radical (unpaired) electrons. The highest BCUT2D eigenvalue weighted by Gasteiger charge is 2.09. The van der Waals surface area contributed by atoms with Crippen LogP contribution in [0.4, 0.5) is 13.2 Å². The Kier molecular flexibility index (Phi) is 7.08. The summed E-state index contributed by atoms with van der Waals surface area (Å²) in [5.41, 5.74) is 0.779. The Morgan fingerprint density at radius 3 is 2.75 bits per heavy atom. The van der Waals surface area contributed by atoms with Crippen LogP contribution in [0.2, 0.25) is 0 Å². The van der Waals surface area contributed by atoms with Crippen LogP contribution in [0.3, 0.4) is 0 Å². The fraction of sp³-hybridized carbons (Fsp3) is 0.500. The van der Waals surface area contributed by atoms with Crippen molar-refractivity contribution >= 4 is 29.3 Å². The fourth-order valence-corrected chi connectivity index (χ4v) is 3.16. The minimum atomic E-state index is -2.25. The van der Waals surface area contributed by atoms with Crippen molar-refractivity contribution in [3.8, 4) is 0 Å². The first kappa shape index (κ1) is 17.0. The first-order valence-electron chi connectivity index (χ1n) is 5.89. The maximum absolute atomic E-state index is 12.6. The highest BCUT2D eigenvalue weighted by molar-refractivity contribution is 8.01. The second-order valence-corrected chi connectivity index (χ2v) is 6.45. The SMILES string of the molecule is Cc1nc(SCCC(F)=C(F)F)sc1C=NOC(C)C. The monoisotopic (exact) mass is 324 g/mol. The van der Waals surface area contributed by atoms with E-state index in [9.17, 15) is 13.2 Å². The molecule has 1 aromatic heterocycles. The quantitative estimate of drug-likeness (QED) is 0.411. The van der Waals surface area contributed by atoms with Crippen molar-refractivity contribution in [3.63, 3.8) is 0 Å². The van der Waals surface area contributed by atoms with Gasteiger partial charge in [0.15, 0.2) is 10.2 Å². The first-order valence-corrected chi connectivity index (χ1v) is 7.69. The van der Waals surface area contributed by atoms with Crippen LogP contribution in [0.25, 0.3) is 0 Å². The van der Waals surface area contributed by atoms with Crippen LogP contribution in [0.5, 0.6) is 0 Å². The van der Waals surface area contributed by atoms with Crippen molar-refractivity contribution in [2.45, 2.75) is 37.6 Å². The molecule has 20 heavy (non-hydrogen) atoms. The Morgan fingerprint density at radius 2 is 2.15 bits per heavy atom. The number of allylic oxidation sites excluding steroid dienone is 1. The minimum absolute atomic E-state index is 0.00122. The van der Waals surface area contributed by atoms with Gasteiger partial charge >= 0.3 is 6.08 Å². The van der Waals surface area contributed by atoms with Gasteiger partial charge in [-0.2, -0.15) is 8.78 Å². The fourth-order valence-electron chi connectivity index (χ4n) is 1.09. The van der Waals surface area contributed by atoms with Gasteiger partial charge in [0.2, 0.25) is 0 Å². The normalized spacial score (nSPS) is 11.3. The Balaban J connectivity index is 2.53. The summed E-state index contributed by atoms with van der Waals surface area (Å²) in [6.07, 6.45) is -0.983. The summed E-state index contributed by atoms with van der Waals surface area (Å²) in [5, 5.41) is 3.82. The molecule has 0 bridgehead atoms. The van der Waals surface area contributed by atoms with Crippen LogP contribution in [0.1, 0.15) is 30.8 Å². The van der Waals surface area contributed by atoms with E-state index in [1.54, 1.807) is 6.21 Å². The first-order chi connectivity index (χ1) is 9.40. The van der Waals surface area contributed by atoms with Gasteiger partial charge in [0.1, 0.15) is 6.10 Å². The van der Waals surface area contributed by atoms with Crippen LogP contribution < -0.4 is 0 Å². The molecule has 0 aliphatic carbocycles. The minimum Gasteiger partial charge on any atom is -0.393 e. The molecule has 0 saturated carbocycles. The molecule has 3 nitrogen and oxygen atoms in total. The lowest BCUT2D eigenvalue weighted by Gasteiger charge is -1.99. The number of rotatable bonds is 7. The predicted octanol–water partition coefficient (Wildman–Crippen LogP) is 4.77. The number of hydrogen-bond donors (Lipinski definition) is 0. The molecule has 1 aromatic rings. The number of thioether (sulfide) groups is 1. The Labute approximate surface area is 123 Å². The third-order valence-corrected chi connectivity index (χ3v) is 4.24. The molecule has 0 N–H and O–H groups in total. The zero-order valence-corrected chi connectivity index (χ0v) is 13.0. The van der Waals surface area contributed by atoms with Crippen LogP contribution >= 0.6 is 23.1 Å². The lowest BCUT2D eigenvalue weighted by Crippen LogP contribution is -1.95. The smallest absolute Gasteiger partial charge is 0.301 e. The number of nitrogens with zero attached hydrogens (tertiary/aromatic N) is 2. The largest absolute Gasteiger partial charge is 0.393 e. The number of thiazole rings is 1. The lowest BCUT2D eigenvalue weighted by atomic mass is 10.4. The average molecular weight is 324 g/mol. The second kappa shape index (κ2) is 8.31. The highest BCUT2D eigenvalue weighted by atomic mass is 32.2. The van der Waals surface area contributed by atoms with Gasteiger partial charge < -0.3 is 4.84 Å². The summed E-state index contributed by atoms with van der Waals surface area (Å²) in [7, 11) is 0. The van der Waals surface area contributed by atoms with E-state index in [1.165, 1.54) is 23.1 Å². The summed E-state index contributed by atoms with van der Waals surface area (Å²) in [6.45, 7) is 5.55. The molecule has 1 heterocycles. The van der Waals surface area contributed by atoms with Crippen molar-refractivity contribution in [3.05, 3.63) is 22.5 Å². The number of aryl methyl sites for hydroxylation is 1. The molecule has 8 heteroatoms. The van der Waals surface area contributed by atoms with Gasteiger partial charge in [-0.15, -0.1) is 11.3 Å². The molecule has 0 amide bonds. The van der Waals surface area contributed by atoms with Crippen molar-refractivity contribution < 1.29 is 18.0 Å². The van der Waals surface area contributed by atoms with Crippen LogP contribution in [-0.4, -0.2) is 23.1 Å². The molecule has 0 unspecified atom stereocenters. The molecule has 112 valence electrons. The molecule has 1 rings (SSSR count). The molecule has 0 saturated heterocycles. The molecular weight excluding hydrogens is 309 g/mol. The van der Waals surface area contributed by atoms with Crippen LogP contribution in [0, 0.1) is 6.92 Å². The third-order valence-electron chi connectivity index (χ3n) is 2.01. The Hall–Kier alpha value is -1.02. The average Bonchev–Trinajstić information content (AvgIpc) is 2.69. The van der Waals surface area contributed by atoms with Gasteiger partial charge in [-0.05, 0) is 20.8 Å². The summed E-state index contributed by atoms with van der Waals surface area (Å²) in [6, 6.07) is 0. The van der Waals surface area contributed by atoms with E-state index < -0.39 is 11.9 Å². The number of aromatic nitrogens is 1. The number of halogens is 3. The molecule has 0 aliphatic heterocycles. The molecule has 0 aromatic carbocycles. The molecule has 0 atom stereocenters. The van der Waals surface area contributed by atoms with Crippen molar-refractivity contribution in [1.82, 2.24) is 4.98 Å². The van der Waals surface area contributed by atoms with Gasteiger partial charge in [0, 0.05) is 12.2 Å². The summed E-state index contributed by atoms with van der Waals surface area (Å²) < 4.78 is 37.1. The van der Waals surface area contributed by atoms with Crippen LogP contribution in [0.15, 0.2) is 21.4 Å². The third kappa shape index (κ3) is 5.96. The van der Waals surface area contributed by atoms with Gasteiger partial charge in [0.05, 0.1) is 16.8 Å². The van der Waals surface area contributed by atoms with Crippen molar-refractivity contribution in [2.24, 2.45) is 5.16 Å². The van der Waals surface area contributed by atoms with E-state index in [1.807, 2.05) is 20.8 Å². The predicted molar refractivity (Wildman–Crippen MR) is 76.4 cm³/mol. The summed E-state index contributed by atoms with van der Waals surface area (Å²) >= 11 is 2.61. The summed E-state index contributed by atoms with van der Waals surface area (Å²) in [5.74, 6) is -1.15. The molecular formula is C12H15F3N2OS2. The molecule has 0 spiro atoms. The maximum Gasteiger partial charge on any atom is 0.301 e. The second-order valence-electron chi connectivity index (χ2n) is 4.08. The number of oxime groups is 1. The van der Waals surface area contributed by atoms with Gasteiger partial charge in [-0.25, -0.2) is 9.37 Å². The molecule has 0 aliphatic rings. The Bertz CT molecular complexity index is 497. The van der Waals surface area contributed by atoms with Crippen LogP contribution in [-0.2, 0) is 4.84 Å².